The molecule has 2 heterocycles. The molecule has 1 aliphatic rings. The van der Waals surface area contributed by atoms with Crippen LogP contribution in [0.15, 0.2) is 39.9 Å². The molecule has 1 aromatic heterocycles. The predicted octanol–water partition coefficient (Wildman–Crippen LogP) is 6.87. The lowest BCUT2D eigenvalue weighted by Gasteiger charge is -2.52. The summed E-state index contributed by atoms with van der Waals surface area (Å²) in [6.07, 6.45) is 0. The highest BCUT2D eigenvalue weighted by atomic mass is 33.1. The molecular weight excluding hydrogens is 597 g/mol. The average molecular weight is 639 g/mol. The number of aromatic nitrogens is 1. The molecule has 0 saturated carbocycles. The Bertz CT molecular complexity index is 1260. The molecule has 0 spiro atoms. The monoisotopic (exact) mass is 638 g/mol. The first-order valence-electron chi connectivity index (χ1n) is 13.7. The molecule has 3 rings (SSSR count). The number of amides is 1. The van der Waals surface area contributed by atoms with Gasteiger partial charge in [-0.15, -0.1) is 11.3 Å². The Morgan fingerprint density at radius 1 is 1.10 bits per heavy atom. The van der Waals surface area contributed by atoms with Crippen molar-refractivity contribution in [2.24, 2.45) is 22.7 Å². The maximum absolute atomic E-state index is 13.9. The van der Waals surface area contributed by atoms with E-state index < -0.39 is 33.2 Å². The summed E-state index contributed by atoms with van der Waals surface area (Å²) in [7, 11) is 1.71. The van der Waals surface area contributed by atoms with Crippen molar-refractivity contribution in [3.63, 3.8) is 0 Å². The van der Waals surface area contributed by atoms with E-state index in [1.807, 2.05) is 24.3 Å². The summed E-state index contributed by atoms with van der Waals surface area (Å²) in [5.41, 5.74) is 0.807. The van der Waals surface area contributed by atoms with Gasteiger partial charge in [-0.3, -0.25) is 14.5 Å². The number of carbonyl (C=O) groups is 3. The van der Waals surface area contributed by atoms with E-state index in [2.05, 4.69) is 33.9 Å². The smallest absolute Gasteiger partial charge is 0.357 e. The van der Waals surface area contributed by atoms with Crippen LogP contribution in [0, 0.1) is 22.7 Å². The third kappa shape index (κ3) is 8.37. The number of ether oxygens (including phenoxy) is 2. The summed E-state index contributed by atoms with van der Waals surface area (Å²) in [6, 6.07) is 7.97. The topological polar surface area (TPSA) is 95.0 Å². The SMILES string of the molecule is CC(C)=C(C(=O)OCOC(=O)C(C)(C)C)N1C(=O)[C@@H]([C@H](CO[SiH](C)C)C(C)(C)C)[C@H]1SSc1nc2ccccc2s1. The number of β-lactam (4-membered cyclic amide) rings is 1. The van der Waals surface area contributed by atoms with Gasteiger partial charge in [0.2, 0.25) is 12.7 Å². The van der Waals surface area contributed by atoms with Gasteiger partial charge in [0.05, 0.1) is 21.5 Å². The van der Waals surface area contributed by atoms with Gasteiger partial charge in [0.15, 0.2) is 13.4 Å². The van der Waals surface area contributed by atoms with Gasteiger partial charge in [0.25, 0.3) is 0 Å². The van der Waals surface area contributed by atoms with E-state index in [0.717, 1.165) is 14.6 Å². The number of para-hydroxylation sites is 1. The summed E-state index contributed by atoms with van der Waals surface area (Å²) >= 11 is 1.60. The highest BCUT2D eigenvalue weighted by Crippen LogP contribution is 2.53. The van der Waals surface area contributed by atoms with Crippen LogP contribution in [0.1, 0.15) is 55.4 Å². The van der Waals surface area contributed by atoms with Gasteiger partial charge in [-0.05, 0) is 81.6 Å². The van der Waals surface area contributed by atoms with E-state index in [9.17, 15) is 14.4 Å². The molecule has 41 heavy (non-hydrogen) atoms. The van der Waals surface area contributed by atoms with Crippen molar-refractivity contribution in [1.82, 2.24) is 9.88 Å². The first kappa shape index (κ1) is 33.6. The summed E-state index contributed by atoms with van der Waals surface area (Å²) in [6.45, 7) is 19.3. The minimum atomic E-state index is -1.32. The average Bonchev–Trinajstić information content (AvgIpc) is 3.27. The standard InChI is InChI=1S/C29H42N2O6S3Si/c1-17(2)22(25(33)35-16-36-26(34)29(6,7)8)31-23(32)21(18(28(3,4)5)15-37-41(9)10)24(31)39-40-27-30-19-13-11-12-14-20(19)38-27/h11-14,18,21,24,41H,15-16H2,1-10H3/t18-,21+,24+/m0/s1. The second-order valence-electron chi connectivity index (χ2n) is 12.7. The van der Waals surface area contributed by atoms with Crippen LogP contribution in [0.4, 0.5) is 0 Å². The van der Waals surface area contributed by atoms with E-state index in [-0.39, 0.29) is 34.2 Å². The van der Waals surface area contributed by atoms with Crippen molar-refractivity contribution >= 4 is 70.0 Å². The molecule has 1 aliphatic heterocycles. The van der Waals surface area contributed by atoms with Crippen LogP contribution in [0.5, 0.6) is 0 Å². The number of hydrogen-bond acceptors (Lipinski definition) is 10. The fourth-order valence-corrected chi connectivity index (χ4v) is 8.99. The highest BCUT2D eigenvalue weighted by Gasteiger charge is 2.57. The summed E-state index contributed by atoms with van der Waals surface area (Å²) in [4.78, 5) is 45.7. The minimum absolute atomic E-state index is 0.0585. The molecular formula is C29H42N2O6S3Si. The first-order valence-corrected chi connectivity index (χ1v) is 19.5. The van der Waals surface area contributed by atoms with Gasteiger partial charge in [-0.25, -0.2) is 9.78 Å². The number of rotatable bonds is 11. The summed E-state index contributed by atoms with van der Waals surface area (Å²) < 4.78 is 18.6. The van der Waals surface area contributed by atoms with Gasteiger partial charge in [-0.1, -0.05) is 43.7 Å². The molecule has 0 bridgehead atoms. The van der Waals surface area contributed by atoms with Crippen LogP contribution in [-0.2, 0) is 28.3 Å². The second-order valence-corrected chi connectivity index (χ2v) is 18.7. The fraction of sp³-hybridized carbons (Fsp3) is 0.586. The minimum Gasteiger partial charge on any atom is -0.427 e. The third-order valence-corrected chi connectivity index (χ3v) is 11.5. The highest BCUT2D eigenvalue weighted by molar-refractivity contribution is 8.77. The molecule has 0 aliphatic carbocycles. The van der Waals surface area contributed by atoms with Gasteiger partial charge < -0.3 is 13.9 Å². The fourth-order valence-electron chi connectivity index (χ4n) is 4.33. The Balaban J connectivity index is 1.89. The summed E-state index contributed by atoms with van der Waals surface area (Å²) in [5.74, 6) is -1.74. The van der Waals surface area contributed by atoms with E-state index in [1.54, 1.807) is 50.9 Å². The van der Waals surface area contributed by atoms with Crippen LogP contribution in [0.2, 0.25) is 13.1 Å². The van der Waals surface area contributed by atoms with Gasteiger partial charge in [0.1, 0.15) is 11.1 Å². The van der Waals surface area contributed by atoms with Crippen molar-refractivity contribution in [3.05, 3.63) is 35.5 Å². The van der Waals surface area contributed by atoms with Crippen molar-refractivity contribution in [1.29, 1.82) is 0 Å². The number of esters is 2. The van der Waals surface area contributed by atoms with Crippen LogP contribution in [0.3, 0.4) is 0 Å². The molecule has 1 aromatic carbocycles. The van der Waals surface area contributed by atoms with E-state index in [1.165, 1.54) is 21.6 Å². The molecule has 12 heteroatoms. The number of carbonyl (C=O) groups excluding carboxylic acids is 3. The second kappa shape index (κ2) is 13.6. The van der Waals surface area contributed by atoms with Crippen LogP contribution in [-0.4, -0.2) is 55.5 Å². The number of benzene rings is 1. The number of fused-ring (bicyclic) bond motifs is 1. The van der Waals surface area contributed by atoms with Crippen LogP contribution in [0.25, 0.3) is 10.2 Å². The lowest BCUT2D eigenvalue weighted by Crippen LogP contribution is -2.64. The van der Waals surface area contributed by atoms with Crippen LogP contribution >= 0.6 is 32.9 Å². The quantitative estimate of drug-likeness (QED) is 0.0653. The van der Waals surface area contributed by atoms with Crippen LogP contribution < -0.4 is 0 Å². The number of thiazole rings is 1. The Hall–Kier alpha value is -1.86. The zero-order valence-electron chi connectivity index (χ0n) is 25.6. The molecule has 8 nitrogen and oxygen atoms in total. The van der Waals surface area contributed by atoms with Gasteiger partial charge in [0, 0.05) is 12.5 Å². The van der Waals surface area contributed by atoms with E-state index in [4.69, 9.17) is 18.9 Å². The summed E-state index contributed by atoms with van der Waals surface area (Å²) in [5, 5.41) is -0.351. The van der Waals surface area contributed by atoms with Crippen molar-refractivity contribution < 1.29 is 28.3 Å². The number of allylic oxidation sites excluding steroid dienone is 1. The van der Waals surface area contributed by atoms with Gasteiger partial charge in [-0.2, -0.15) is 0 Å². The Labute approximate surface area is 257 Å². The number of hydrogen-bond donors (Lipinski definition) is 0. The normalized spacial score (nSPS) is 18.3. The largest absolute Gasteiger partial charge is 0.427 e. The zero-order chi connectivity index (χ0) is 30.7. The van der Waals surface area contributed by atoms with Crippen molar-refractivity contribution in [2.45, 2.75) is 78.2 Å². The van der Waals surface area contributed by atoms with E-state index in [0.29, 0.717) is 12.2 Å². The Morgan fingerprint density at radius 2 is 1.76 bits per heavy atom. The molecule has 1 saturated heterocycles. The molecule has 0 unspecified atom stereocenters. The molecule has 2 aromatic rings. The molecule has 3 atom stereocenters. The lowest BCUT2D eigenvalue weighted by atomic mass is 9.70. The predicted molar refractivity (Wildman–Crippen MR) is 170 cm³/mol. The molecule has 0 radical (unpaired) electrons. The molecule has 1 amide bonds. The first-order chi connectivity index (χ1) is 19.0. The maximum Gasteiger partial charge on any atom is 0.357 e. The van der Waals surface area contributed by atoms with Crippen molar-refractivity contribution in [3.8, 4) is 0 Å². The van der Waals surface area contributed by atoms with E-state index >= 15 is 0 Å². The molecule has 226 valence electrons. The third-order valence-electron chi connectivity index (χ3n) is 6.63. The zero-order valence-corrected chi connectivity index (χ0v) is 29.2. The lowest BCUT2D eigenvalue weighted by molar-refractivity contribution is -0.174. The Morgan fingerprint density at radius 3 is 2.32 bits per heavy atom. The van der Waals surface area contributed by atoms with Gasteiger partial charge >= 0.3 is 11.9 Å². The number of likely N-dealkylation sites (tertiary alicyclic amines) is 1. The molecule has 0 N–H and O–H groups in total. The molecule has 1 fully saturated rings. The number of nitrogens with zero attached hydrogens (tertiary/aromatic N) is 2. The van der Waals surface area contributed by atoms with Crippen molar-refractivity contribution in [2.75, 3.05) is 13.4 Å². The Kier molecular flexibility index (Phi) is 11.2. The maximum atomic E-state index is 13.9.